The van der Waals surface area contributed by atoms with Gasteiger partial charge >= 0.3 is 23.1 Å². The largest absolute Gasteiger partial charge is 0.316 e. The van der Waals surface area contributed by atoms with Gasteiger partial charge in [0, 0.05) is 128 Å². The zero-order chi connectivity index (χ0) is 0. The maximum Gasteiger partial charge on any atom is 0.316 e. The molecule has 5 heavy (non-hydrogen) atoms. The molecule has 0 heterocycles. The zero-order valence-electron chi connectivity index (χ0n) is 1.06. The molecular weight excluding hydrogens is 519 g/mol. The van der Waals surface area contributed by atoms with Gasteiger partial charge in [-0.05, 0) is 0 Å². The van der Waals surface area contributed by atoms with Crippen molar-refractivity contribution in [2.75, 3.05) is 0 Å². The van der Waals surface area contributed by atoms with Gasteiger partial charge in [-0.3, -0.25) is 0 Å². The van der Waals surface area contributed by atoms with Crippen LogP contribution in [0, 0.1) is 128 Å². The van der Waals surface area contributed by atoms with Crippen molar-refractivity contribution in [2.45, 2.75) is 0 Å². The topological polar surface area (TPSA) is 0 Å². The minimum Gasteiger partial charge on any atom is 0 e. The van der Waals surface area contributed by atoms with E-state index >= 15 is 0 Å². The molecule has 0 aromatic rings. The third kappa shape index (κ3) is 17.7. The van der Waals surface area contributed by atoms with Crippen molar-refractivity contribution in [2.24, 2.45) is 0 Å². The molecule has 0 rings (SSSR count). The van der Waals surface area contributed by atoms with Crippen molar-refractivity contribution in [1.82, 2.24) is 0 Å². The first-order chi connectivity index (χ1) is 0. The van der Waals surface area contributed by atoms with Crippen LogP contribution >= 0.6 is 0 Å². The molecule has 0 nitrogen and oxygen atoms in total. The molecule has 34 valence electrons. The number of rotatable bonds is 0. The van der Waals surface area contributed by atoms with Crippen LogP contribution in [0.15, 0.2) is 0 Å². The van der Waals surface area contributed by atoms with Crippen molar-refractivity contribution in [3.63, 3.8) is 0 Å². The average Bonchev–Trinajstić information content (AvgIpc) is 0. The molecule has 0 unspecified atom stereocenters. The predicted molar refractivity (Wildman–Crippen MR) is 18.5 cm³/mol. The van der Waals surface area contributed by atoms with Crippen LogP contribution in [-0.4, -0.2) is 40.4 Å². The van der Waals surface area contributed by atoms with E-state index in [2.05, 4.69) is 0 Å². The van der Waals surface area contributed by atoms with E-state index in [1.807, 2.05) is 0 Å². The molecule has 0 fully saturated rings. The first kappa shape index (κ1) is 31.3. The molecular formula is H5AlEuGdMgTb. The van der Waals surface area contributed by atoms with Gasteiger partial charge in [0.2, 0.25) is 0 Å². The molecule has 0 bridgehead atoms. The minimum atomic E-state index is 0. The molecule has 0 saturated carbocycles. The normalized spacial score (nSPS) is 0. The fraction of sp³-hybridized carbons (Fsp3) is 0. The Hall–Kier alpha value is 5.49. The van der Waals surface area contributed by atoms with Crippen molar-refractivity contribution in [1.29, 1.82) is 0 Å². The zero-order valence-corrected chi connectivity index (χ0v) is 7.90. The Kier molecular flexibility index (Phi) is 142. The Balaban J connectivity index is 0. The molecule has 0 aliphatic heterocycles. The summed E-state index contributed by atoms with van der Waals surface area (Å²) < 4.78 is 0. The van der Waals surface area contributed by atoms with Crippen LogP contribution in [0.1, 0.15) is 0 Å². The van der Waals surface area contributed by atoms with Gasteiger partial charge in [0.05, 0.1) is 0 Å². The molecule has 0 aromatic carbocycles. The average molecular weight is 524 g/mol. The van der Waals surface area contributed by atoms with Crippen LogP contribution in [0.25, 0.3) is 0 Å². The van der Waals surface area contributed by atoms with Gasteiger partial charge in [0.1, 0.15) is 0 Å². The second-order valence-electron chi connectivity index (χ2n) is 0. The number of hydrogen-bond donors (Lipinski definition) is 0. The van der Waals surface area contributed by atoms with E-state index in [4.69, 9.17) is 0 Å². The van der Waals surface area contributed by atoms with E-state index in [1.54, 1.807) is 0 Å². The second kappa shape index (κ2) is 22.7. The summed E-state index contributed by atoms with van der Waals surface area (Å²) in [6.07, 6.45) is 0. The maximum absolute atomic E-state index is 0. The third-order valence-corrected chi connectivity index (χ3v) is 0. The van der Waals surface area contributed by atoms with Gasteiger partial charge in [-0.2, -0.15) is 0 Å². The third-order valence-electron chi connectivity index (χ3n) is 0. The molecule has 0 atom stereocenters. The summed E-state index contributed by atoms with van der Waals surface area (Å²) in [5.41, 5.74) is 0. The number of hydrogen-bond acceptors (Lipinski definition) is 0. The molecule has 0 aliphatic rings. The SMILES string of the molecule is [AlH3].[Eu].[Gd].[MgH2].[Tb]. The molecule has 0 aromatic heterocycles. The van der Waals surface area contributed by atoms with Crippen LogP contribution in [0.4, 0.5) is 0 Å². The van der Waals surface area contributed by atoms with Crippen LogP contribution in [0.5, 0.6) is 0 Å². The van der Waals surface area contributed by atoms with Crippen molar-refractivity contribution in [3.05, 3.63) is 0 Å². The quantitative estimate of drug-likeness (QED) is 0.319. The van der Waals surface area contributed by atoms with Gasteiger partial charge in [0.15, 0.2) is 17.4 Å². The first-order valence-corrected chi connectivity index (χ1v) is 0. The first-order valence-electron chi connectivity index (χ1n) is 0. The van der Waals surface area contributed by atoms with Gasteiger partial charge in [-0.15, -0.1) is 0 Å². The van der Waals surface area contributed by atoms with Gasteiger partial charge in [0.25, 0.3) is 0 Å². The summed E-state index contributed by atoms with van der Waals surface area (Å²) in [6, 6.07) is 0. The van der Waals surface area contributed by atoms with E-state index < -0.39 is 0 Å². The molecule has 5 heteroatoms. The molecule has 0 spiro atoms. The Bertz CT molecular complexity index is 11.6. The summed E-state index contributed by atoms with van der Waals surface area (Å²) in [7, 11) is 0. The summed E-state index contributed by atoms with van der Waals surface area (Å²) in [6.45, 7) is 0. The summed E-state index contributed by atoms with van der Waals surface area (Å²) in [5.74, 6) is 0. The Morgan fingerprint density at radius 1 is 1.00 bits per heavy atom. The van der Waals surface area contributed by atoms with Gasteiger partial charge < -0.3 is 0 Å². The molecule has 0 aliphatic carbocycles. The van der Waals surface area contributed by atoms with E-state index in [1.165, 1.54) is 0 Å². The van der Waals surface area contributed by atoms with Crippen LogP contribution in [-0.2, 0) is 0 Å². The van der Waals surface area contributed by atoms with Crippen molar-refractivity contribution in [3.8, 4) is 0 Å². The van der Waals surface area contributed by atoms with Gasteiger partial charge in [-0.1, -0.05) is 0 Å². The second-order valence-corrected chi connectivity index (χ2v) is 0. The summed E-state index contributed by atoms with van der Waals surface area (Å²) in [4.78, 5) is 0. The Morgan fingerprint density at radius 2 is 1.00 bits per heavy atom. The van der Waals surface area contributed by atoms with Crippen LogP contribution in [0.3, 0.4) is 0 Å². The minimum absolute atomic E-state index is 0. The monoisotopic (exact) mass is 526 g/mol. The molecule has 0 N–H and O–H groups in total. The fourth-order valence-electron chi connectivity index (χ4n) is 0. The van der Waals surface area contributed by atoms with Crippen molar-refractivity contribution < 1.29 is 128 Å². The van der Waals surface area contributed by atoms with Gasteiger partial charge in [-0.25, -0.2) is 0 Å². The van der Waals surface area contributed by atoms with E-state index in [-0.39, 0.29) is 168 Å². The van der Waals surface area contributed by atoms with E-state index in [0.717, 1.165) is 0 Å². The Morgan fingerprint density at radius 3 is 1.00 bits per heavy atom. The van der Waals surface area contributed by atoms with Crippen LogP contribution in [0.2, 0.25) is 0 Å². The van der Waals surface area contributed by atoms with Crippen LogP contribution < -0.4 is 0 Å². The summed E-state index contributed by atoms with van der Waals surface area (Å²) in [5, 5.41) is 0. The van der Waals surface area contributed by atoms with Crippen molar-refractivity contribution >= 4 is 40.4 Å². The molecule has 0 amide bonds. The fourth-order valence-corrected chi connectivity index (χ4v) is 0. The Labute approximate surface area is 163 Å². The smallest absolute Gasteiger partial charge is 0 e. The standard InChI is InChI=1S/Al.Eu.Gd.Mg.Tb.5H. The van der Waals surface area contributed by atoms with E-state index in [0.29, 0.717) is 0 Å². The molecule has 2 radical (unpaired) electrons. The van der Waals surface area contributed by atoms with E-state index in [9.17, 15) is 0 Å². The maximum atomic E-state index is 0. The predicted octanol–water partition coefficient (Wildman–Crippen LogP) is -2.10. The molecule has 0 saturated heterocycles. The summed E-state index contributed by atoms with van der Waals surface area (Å²) >= 11 is 0.